The van der Waals surface area contributed by atoms with Crippen LogP contribution in [-0.2, 0) is 13.6 Å². The normalized spacial score (nSPS) is 12.4. The van der Waals surface area contributed by atoms with Crippen molar-refractivity contribution in [2.24, 2.45) is 5.92 Å². The van der Waals surface area contributed by atoms with Crippen LogP contribution in [0.2, 0.25) is 0 Å². The monoisotopic (exact) mass is 222 g/mol. The molecule has 0 spiro atoms. The first-order valence-electron chi connectivity index (χ1n) is 5.18. The van der Waals surface area contributed by atoms with Crippen LogP contribution < -0.4 is 0 Å². The predicted molar refractivity (Wildman–Crippen MR) is 60.2 cm³/mol. The Kier molecular flexibility index (Phi) is 7.75. The second kappa shape index (κ2) is 7.58. The molecule has 0 bridgehead atoms. The molecule has 0 fully saturated rings. The summed E-state index contributed by atoms with van der Waals surface area (Å²) >= 11 is 0. The molecular weight excluding hydrogens is 199 g/mol. The lowest BCUT2D eigenvalue weighted by Gasteiger charge is -2.21. The number of hydrogen-bond donors (Lipinski definition) is 0. The fourth-order valence-electron chi connectivity index (χ4n) is 0.640. The molecule has 0 aliphatic carbocycles. The zero-order valence-electron chi connectivity index (χ0n) is 10.1. The zero-order valence-corrected chi connectivity index (χ0v) is 11.0. The molecule has 0 amide bonds. The Balaban J connectivity index is 3.84. The van der Waals surface area contributed by atoms with Crippen molar-refractivity contribution in [3.05, 3.63) is 0 Å². The second-order valence-corrected chi connectivity index (χ2v) is 5.35. The van der Waals surface area contributed by atoms with Crippen molar-refractivity contribution >= 4 is 8.60 Å². The van der Waals surface area contributed by atoms with Crippen molar-refractivity contribution in [2.45, 2.75) is 53.8 Å². The molecule has 0 N–H and O–H groups in total. The van der Waals surface area contributed by atoms with E-state index in [4.69, 9.17) is 13.6 Å². The molecule has 0 aromatic carbocycles. The van der Waals surface area contributed by atoms with Crippen LogP contribution in [0.25, 0.3) is 0 Å². The van der Waals surface area contributed by atoms with Gasteiger partial charge in [0.2, 0.25) is 0 Å². The van der Waals surface area contributed by atoms with Gasteiger partial charge < -0.3 is 13.6 Å². The summed E-state index contributed by atoms with van der Waals surface area (Å²) in [7, 11) is -1.17. The minimum atomic E-state index is -1.17. The summed E-state index contributed by atoms with van der Waals surface area (Å²) in [5, 5.41) is 0. The molecule has 0 aromatic heterocycles. The van der Waals surface area contributed by atoms with E-state index in [-0.39, 0.29) is 12.2 Å². The topological polar surface area (TPSA) is 27.7 Å². The smallest absolute Gasteiger partial charge is 0.312 e. The van der Waals surface area contributed by atoms with Gasteiger partial charge in [-0.3, -0.25) is 0 Å². The van der Waals surface area contributed by atoms with Gasteiger partial charge in [-0.15, -0.1) is 0 Å². The van der Waals surface area contributed by atoms with Gasteiger partial charge in [-0.1, -0.05) is 13.8 Å². The van der Waals surface area contributed by atoms with E-state index in [1.807, 2.05) is 27.7 Å². The Hall–Kier alpha value is 0.310. The summed E-state index contributed by atoms with van der Waals surface area (Å²) < 4.78 is 16.6. The first-order chi connectivity index (χ1) is 6.41. The molecule has 0 saturated carbocycles. The van der Waals surface area contributed by atoms with Crippen LogP contribution in [0.15, 0.2) is 0 Å². The van der Waals surface area contributed by atoms with E-state index in [0.717, 1.165) is 0 Å². The minimum Gasteiger partial charge on any atom is -0.312 e. The molecule has 0 atom stereocenters. The van der Waals surface area contributed by atoms with Crippen molar-refractivity contribution in [2.75, 3.05) is 6.61 Å². The first-order valence-corrected chi connectivity index (χ1v) is 6.28. The van der Waals surface area contributed by atoms with Gasteiger partial charge in [0.25, 0.3) is 0 Å². The summed E-state index contributed by atoms with van der Waals surface area (Å²) in [6.07, 6.45) is 0.291. The summed E-state index contributed by atoms with van der Waals surface area (Å²) in [5.41, 5.74) is 0. The Morgan fingerprint density at radius 3 is 1.57 bits per heavy atom. The highest BCUT2D eigenvalue weighted by molar-refractivity contribution is 7.41. The Bertz CT molecular complexity index is 127. The number of rotatable bonds is 7. The second-order valence-electron chi connectivity index (χ2n) is 4.22. The van der Waals surface area contributed by atoms with E-state index in [1.165, 1.54) is 0 Å². The molecule has 0 aromatic rings. The maximum Gasteiger partial charge on any atom is 0.333 e. The molecular formula is C10H23O3P. The van der Waals surface area contributed by atoms with Crippen LogP contribution in [0.3, 0.4) is 0 Å². The predicted octanol–water partition coefficient (Wildman–Crippen LogP) is 3.74. The van der Waals surface area contributed by atoms with Gasteiger partial charge in [-0.2, -0.15) is 0 Å². The van der Waals surface area contributed by atoms with Crippen molar-refractivity contribution < 1.29 is 13.6 Å². The Morgan fingerprint density at radius 2 is 1.29 bits per heavy atom. The fraction of sp³-hybridized carbons (Fsp3) is 1.00. The van der Waals surface area contributed by atoms with E-state index in [1.54, 1.807) is 0 Å². The highest BCUT2D eigenvalue weighted by Gasteiger charge is 2.16. The highest BCUT2D eigenvalue weighted by atomic mass is 31.2. The van der Waals surface area contributed by atoms with Crippen molar-refractivity contribution in [1.82, 2.24) is 0 Å². The van der Waals surface area contributed by atoms with Crippen molar-refractivity contribution in [3.8, 4) is 0 Å². The maximum atomic E-state index is 5.55. The third kappa shape index (κ3) is 8.89. The Morgan fingerprint density at radius 1 is 0.857 bits per heavy atom. The van der Waals surface area contributed by atoms with Gasteiger partial charge in [0.15, 0.2) is 0 Å². The van der Waals surface area contributed by atoms with Gasteiger partial charge in [0.05, 0.1) is 18.8 Å². The fourth-order valence-corrected chi connectivity index (χ4v) is 1.92. The Labute approximate surface area is 89.1 Å². The van der Waals surface area contributed by atoms with Crippen LogP contribution in [0, 0.1) is 5.92 Å². The van der Waals surface area contributed by atoms with Crippen LogP contribution >= 0.6 is 8.60 Å². The molecule has 86 valence electrons. The first kappa shape index (κ1) is 14.3. The number of hydrogen-bond acceptors (Lipinski definition) is 3. The summed E-state index contributed by atoms with van der Waals surface area (Å²) in [6.45, 7) is 12.8. The lowest BCUT2D eigenvalue weighted by molar-refractivity contribution is 0.105. The van der Waals surface area contributed by atoms with Crippen LogP contribution in [0.1, 0.15) is 41.5 Å². The standard InChI is InChI=1S/C10H23O3P/c1-8(2)7-11-14(12-9(3)4)13-10(5)6/h8-10H,7H2,1-6H3. The van der Waals surface area contributed by atoms with Crippen LogP contribution in [0.4, 0.5) is 0 Å². The largest absolute Gasteiger partial charge is 0.333 e. The van der Waals surface area contributed by atoms with Gasteiger partial charge in [-0.05, 0) is 33.6 Å². The van der Waals surface area contributed by atoms with Crippen LogP contribution in [0.5, 0.6) is 0 Å². The van der Waals surface area contributed by atoms with Gasteiger partial charge in [0.1, 0.15) is 0 Å². The lowest BCUT2D eigenvalue weighted by atomic mass is 10.2. The third-order valence-electron chi connectivity index (χ3n) is 1.11. The molecule has 0 aliphatic rings. The van der Waals surface area contributed by atoms with E-state index < -0.39 is 8.60 Å². The molecule has 0 radical (unpaired) electrons. The molecule has 14 heavy (non-hydrogen) atoms. The molecule has 0 unspecified atom stereocenters. The average molecular weight is 222 g/mol. The summed E-state index contributed by atoms with van der Waals surface area (Å²) in [5.74, 6) is 0.506. The molecule has 0 aliphatic heterocycles. The SMILES string of the molecule is CC(C)COP(OC(C)C)OC(C)C. The molecule has 0 saturated heterocycles. The molecule has 0 heterocycles. The van der Waals surface area contributed by atoms with E-state index >= 15 is 0 Å². The third-order valence-corrected chi connectivity index (χ3v) is 2.65. The molecule has 3 nitrogen and oxygen atoms in total. The van der Waals surface area contributed by atoms with Crippen LogP contribution in [-0.4, -0.2) is 18.8 Å². The zero-order chi connectivity index (χ0) is 11.1. The molecule has 4 heteroatoms. The molecule has 0 rings (SSSR count). The van der Waals surface area contributed by atoms with Gasteiger partial charge >= 0.3 is 8.60 Å². The van der Waals surface area contributed by atoms with Crippen molar-refractivity contribution in [1.29, 1.82) is 0 Å². The summed E-state index contributed by atoms with van der Waals surface area (Å²) in [4.78, 5) is 0. The average Bonchev–Trinajstić information content (AvgIpc) is 1.97. The maximum absolute atomic E-state index is 5.55. The van der Waals surface area contributed by atoms with E-state index in [2.05, 4.69) is 13.8 Å². The van der Waals surface area contributed by atoms with Gasteiger partial charge in [-0.25, -0.2) is 0 Å². The van der Waals surface area contributed by atoms with Gasteiger partial charge in [0, 0.05) is 0 Å². The minimum absolute atomic E-state index is 0.145. The summed E-state index contributed by atoms with van der Waals surface area (Å²) in [6, 6.07) is 0. The van der Waals surface area contributed by atoms with E-state index in [0.29, 0.717) is 12.5 Å². The van der Waals surface area contributed by atoms with Crippen molar-refractivity contribution in [3.63, 3.8) is 0 Å². The van der Waals surface area contributed by atoms with E-state index in [9.17, 15) is 0 Å². The lowest BCUT2D eigenvalue weighted by Crippen LogP contribution is -2.08. The highest BCUT2D eigenvalue weighted by Crippen LogP contribution is 2.42. The quantitative estimate of drug-likeness (QED) is 0.614.